The van der Waals surface area contributed by atoms with Crippen LogP contribution in [-0.2, 0) is 6.54 Å². The summed E-state index contributed by atoms with van der Waals surface area (Å²) in [4.78, 5) is 4.17. The van der Waals surface area contributed by atoms with E-state index in [1.165, 1.54) is 27.7 Å². The van der Waals surface area contributed by atoms with Crippen LogP contribution in [0, 0.1) is 0 Å². The zero-order valence-electron chi connectivity index (χ0n) is 8.72. The Morgan fingerprint density at radius 1 is 1.12 bits per heavy atom. The third-order valence-electron chi connectivity index (χ3n) is 3.32. The molecule has 2 heteroatoms. The molecule has 0 saturated carbocycles. The first-order valence-electron chi connectivity index (χ1n) is 5.45. The van der Waals surface area contributed by atoms with Crippen LogP contribution in [0.25, 0.3) is 22.2 Å². The standard InChI is InChI=1S/C14H10N2/c1-2-4-12-10(3-1)9-16-13-5-6-15-8-11(13)7-14(12)16/h1-8H,9H2. The molecule has 0 saturated heterocycles. The van der Waals surface area contributed by atoms with E-state index in [1.807, 2.05) is 12.4 Å². The molecule has 4 rings (SSSR count). The Labute approximate surface area is 93.2 Å². The maximum absolute atomic E-state index is 4.17. The second kappa shape index (κ2) is 2.73. The second-order valence-corrected chi connectivity index (χ2v) is 4.21. The number of fused-ring (bicyclic) bond motifs is 5. The number of rotatable bonds is 0. The molecule has 3 heterocycles. The van der Waals surface area contributed by atoms with Crippen LogP contribution in [0.15, 0.2) is 48.8 Å². The molecular formula is C14H10N2. The van der Waals surface area contributed by atoms with E-state index in [0.29, 0.717) is 0 Å². The van der Waals surface area contributed by atoms with Crippen molar-refractivity contribution in [2.45, 2.75) is 6.54 Å². The molecule has 0 N–H and O–H groups in total. The monoisotopic (exact) mass is 206 g/mol. The summed E-state index contributed by atoms with van der Waals surface area (Å²) in [6, 6.07) is 12.9. The maximum atomic E-state index is 4.17. The van der Waals surface area contributed by atoms with Gasteiger partial charge in [0.1, 0.15) is 0 Å². The van der Waals surface area contributed by atoms with Gasteiger partial charge in [-0.3, -0.25) is 4.98 Å². The average Bonchev–Trinajstić information content (AvgIpc) is 2.85. The van der Waals surface area contributed by atoms with E-state index in [9.17, 15) is 0 Å². The van der Waals surface area contributed by atoms with Crippen LogP contribution < -0.4 is 0 Å². The van der Waals surface area contributed by atoms with Gasteiger partial charge in [-0.2, -0.15) is 0 Å². The van der Waals surface area contributed by atoms with Crippen molar-refractivity contribution in [1.29, 1.82) is 0 Å². The molecule has 0 unspecified atom stereocenters. The van der Waals surface area contributed by atoms with E-state index in [1.54, 1.807) is 0 Å². The van der Waals surface area contributed by atoms with Gasteiger partial charge in [-0.15, -0.1) is 0 Å². The quantitative estimate of drug-likeness (QED) is 0.432. The highest BCUT2D eigenvalue weighted by Crippen LogP contribution is 2.36. The number of hydrogen-bond donors (Lipinski definition) is 0. The molecule has 1 aromatic carbocycles. The molecule has 3 aromatic rings. The first kappa shape index (κ1) is 8.11. The van der Waals surface area contributed by atoms with Crippen LogP contribution in [0.1, 0.15) is 5.56 Å². The van der Waals surface area contributed by atoms with Crippen molar-refractivity contribution in [2.75, 3.05) is 0 Å². The van der Waals surface area contributed by atoms with Gasteiger partial charge in [-0.1, -0.05) is 24.3 Å². The number of hydrogen-bond acceptors (Lipinski definition) is 1. The van der Waals surface area contributed by atoms with Crippen LogP contribution in [0.5, 0.6) is 0 Å². The summed E-state index contributed by atoms with van der Waals surface area (Å²) in [7, 11) is 0. The van der Waals surface area contributed by atoms with Gasteiger partial charge in [-0.25, -0.2) is 0 Å². The molecule has 2 aromatic heterocycles. The predicted molar refractivity (Wildman–Crippen MR) is 64.3 cm³/mol. The number of aromatic nitrogens is 2. The Morgan fingerprint density at radius 3 is 3.06 bits per heavy atom. The van der Waals surface area contributed by atoms with Crippen LogP contribution in [0.4, 0.5) is 0 Å². The van der Waals surface area contributed by atoms with Crippen molar-refractivity contribution in [3.63, 3.8) is 0 Å². The van der Waals surface area contributed by atoms with E-state index in [0.717, 1.165) is 6.54 Å². The highest BCUT2D eigenvalue weighted by molar-refractivity contribution is 5.88. The van der Waals surface area contributed by atoms with E-state index >= 15 is 0 Å². The number of nitrogens with zero attached hydrogens (tertiary/aromatic N) is 2. The highest BCUT2D eigenvalue weighted by Gasteiger charge is 2.19. The fourth-order valence-electron chi connectivity index (χ4n) is 2.58. The summed E-state index contributed by atoms with van der Waals surface area (Å²) < 4.78 is 2.36. The first-order valence-corrected chi connectivity index (χ1v) is 5.45. The minimum absolute atomic E-state index is 0.985. The third kappa shape index (κ3) is 0.890. The van der Waals surface area contributed by atoms with Crippen molar-refractivity contribution in [3.05, 3.63) is 54.4 Å². The average molecular weight is 206 g/mol. The third-order valence-corrected chi connectivity index (χ3v) is 3.32. The fraction of sp³-hybridized carbons (Fsp3) is 0.0714. The normalized spacial score (nSPS) is 12.8. The van der Waals surface area contributed by atoms with E-state index < -0.39 is 0 Å². The van der Waals surface area contributed by atoms with Gasteiger partial charge >= 0.3 is 0 Å². The lowest BCUT2D eigenvalue weighted by Gasteiger charge is -1.99. The van der Waals surface area contributed by atoms with Crippen molar-refractivity contribution < 1.29 is 0 Å². The van der Waals surface area contributed by atoms with Crippen LogP contribution in [0.3, 0.4) is 0 Å². The Hall–Kier alpha value is -2.09. The van der Waals surface area contributed by atoms with E-state index in [2.05, 4.69) is 45.9 Å². The molecule has 0 spiro atoms. The fourth-order valence-corrected chi connectivity index (χ4v) is 2.58. The first-order chi connectivity index (χ1) is 7.93. The SMILES string of the molecule is c1ccc2c(c1)Cn1c-2cc2cnccc21. The lowest BCUT2D eigenvalue weighted by atomic mass is 10.1. The Balaban J connectivity index is 2.12. The Kier molecular flexibility index (Phi) is 1.38. The molecule has 0 atom stereocenters. The van der Waals surface area contributed by atoms with Crippen molar-refractivity contribution in [3.8, 4) is 11.3 Å². The summed E-state index contributed by atoms with van der Waals surface area (Å²) >= 11 is 0. The van der Waals surface area contributed by atoms with Gasteiger partial charge in [0.25, 0.3) is 0 Å². The molecule has 0 radical (unpaired) electrons. The minimum atomic E-state index is 0.985. The number of benzene rings is 1. The lowest BCUT2D eigenvalue weighted by molar-refractivity contribution is 0.886. The summed E-state index contributed by atoms with van der Waals surface area (Å²) in [6.07, 6.45) is 3.79. The largest absolute Gasteiger partial charge is 0.336 e. The topological polar surface area (TPSA) is 17.8 Å². The molecule has 16 heavy (non-hydrogen) atoms. The molecule has 2 nitrogen and oxygen atoms in total. The van der Waals surface area contributed by atoms with Crippen LogP contribution in [-0.4, -0.2) is 9.55 Å². The van der Waals surface area contributed by atoms with E-state index in [-0.39, 0.29) is 0 Å². The minimum Gasteiger partial charge on any atom is -0.336 e. The number of pyridine rings is 1. The molecule has 0 bridgehead atoms. The molecule has 1 aliphatic rings. The van der Waals surface area contributed by atoms with Crippen molar-refractivity contribution >= 4 is 10.9 Å². The molecule has 0 aliphatic carbocycles. The highest BCUT2D eigenvalue weighted by atomic mass is 15.0. The molecule has 0 amide bonds. The van der Waals surface area contributed by atoms with Gasteiger partial charge in [0.05, 0.1) is 5.52 Å². The molecule has 0 fully saturated rings. The van der Waals surface area contributed by atoms with Crippen molar-refractivity contribution in [1.82, 2.24) is 9.55 Å². The van der Waals surface area contributed by atoms with Gasteiger partial charge in [0.2, 0.25) is 0 Å². The smallest absolute Gasteiger partial charge is 0.0519 e. The Morgan fingerprint density at radius 2 is 2.06 bits per heavy atom. The summed E-state index contributed by atoms with van der Waals surface area (Å²) in [5.74, 6) is 0. The Bertz CT molecular complexity index is 695. The van der Waals surface area contributed by atoms with Gasteiger partial charge < -0.3 is 4.57 Å². The van der Waals surface area contributed by atoms with Gasteiger partial charge in [0.15, 0.2) is 0 Å². The van der Waals surface area contributed by atoms with Crippen LogP contribution in [0.2, 0.25) is 0 Å². The zero-order valence-corrected chi connectivity index (χ0v) is 8.72. The van der Waals surface area contributed by atoms with E-state index in [4.69, 9.17) is 0 Å². The molecule has 1 aliphatic heterocycles. The predicted octanol–water partition coefficient (Wildman–Crippen LogP) is 3.07. The summed E-state index contributed by atoms with van der Waals surface area (Å²) in [6.45, 7) is 0.985. The molecule has 76 valence electrons. The zero-order chi connectivity index (χ0) is 10.5. The summed E-state index contributed by atoms with van der Waals surface area (Å²) in [5.41, 5.74) is 5.37. The maximum Gasteiger partial charge on any atom is 0.0519 e. The second-order valence-electron chi connectivity index (χ2n) is 4.21. The van der Waals surface area contributed by atoms with Gasteiger partial charge in [0, 0.05) is 35.6 Å². The van der Waals surface area contributed by atoms with Gasteiger partial charge in [-0.05, 0) is 17.7 Å². The lowest BCUT2D eigenvalue weighted by Crippen LogP contribution is -1.91. The molecular weight excluding hydrogens is 196 g/mol. The summed E-state index contributed by atoms with van der Waals surface area (Å²) in [5, 5.41) is 1.23. The van der Waals surface area contributed by atoms with Crippen LogP contribution >= 0.6 is 0 Å². The van der Waals surface area contributed by atoms with Crippen molar-refractivity contribution in [2.24, 2.45) is 0 Å².